The molecule has 1 aromatic rings. The van der Waals surface area contributed by atoms with Crippen LogP contribution in [0.3, 0.4) is 0 Å². The number of aliphatic imine (C=N–C) groups is 1. The smallest absolute Gasteiger partial charge is 0.244 e. The molecule has 124 valence electrons. The summed E-state index contributed by atoms with van der Waals surface area (Å²) in [4.78, 5) is 18.8. The lowest BCUT2D eigenvalue weighted by molar-refractivity contribution is -0.130. The van der Waals surface area contributed by atoms with E-state index in [4.69, 9.17) is 0 Å². The Kier molecular flexibility index (Phi) is 4.84. The molecular formula is C18H26N4O. The molecule has 0 saturated heterocycles. The molecule has 1 fully saturated rings. The Hall–Kier alpha value is -2.04. The molecule has 2 atom stereocenters. The van der Waals surface area contributed by atoms with Crippen LogP contribution in [0, 0.1) is 5.92 Å². The molecule has 1 amide bonds. The lowest BCUT2D eigenvalue weighted by atomic mass is 10.00. The van der Waals surface area contributed by atoms with Gasteiger partial charge in [-0.15, -0.1) is 0 Å². The quantitative estimate of drug-likeness (QED) is 0.655. The first-order chi connectivity index (χ1) is 11.2. The molecule has 3 rings (SSSR count). The number of amides is 1. The fourth-order valence-electron chi connectivity index (χ4n) is 2.97. The van der Waals surface area contributed by atoms with Crippen LogP contribution in [0.5, 0.6) is 0 Å². The summed E-state index contributed by atoms with van der Waals surface area (Å²) in [5.74, 6) is 1.56. The maximum Gasteiger partial charge on any atom is 0.244 e. The molecule has 1 saturated carbocycles. The zero-order valence-electron chi connectivity index (χ0n) is 14.0. The van der Waals surface area contributed by atoms with Crippen molar-refractivity contribution in [2.24, 2.45) is 10.9 Å². The summed E-state index contributed by atoms with van der Waals surface area (Å²) in [6.07, 6.45) is 2.12. The Labute approximate surface area is 138 Å². The van der Waals surface area contributed by atoms with Gasteiger partial charge in [0.15, 0.2) is 5.96 Å². The van der Waals surface area contributed by atoms with Gasteiger partial charge >= 0.3 is 0 Å². The van der Waals surface area contributed by atoms with Crippen LogP contribution in [0.25, 0.3) is 0 Å². The van der Waals surface area contributed by atoms with Gasteiger partial charge in [0, 0.05) is 25.7 Å². The van der Waals surface area contributed by atoms with E-state index >= 15 is 0 Å². The third kappa shape index (κ3) is 4.03. The summed E-state index contributed by atoms with van der Waals surface area (Å²) in [6, 6.07) is 8.87. The molecule has 5 heteroatoms. The monoisotopic (exact) mass is 314 g/mol. The summed E-state index contributed by atoms with van der Waals surface area (Å²) >= 11 is 0. The minimum absolute atomic E-state index is 0.0977. The van der Waals surface area contributed by atoms with Crippen molar-refractivity contribution >= 4 is 11.9 Å². The first-order valence-electron chi connectivity index (χ1n) is 8.56. The van der Waals surface area contributed by atoms with Crippen LogP contribution < -0.4 is 10.6 Å². The Morgan fingerprint density at radius 1 is 1.35 bits per heavy atom. The van der Waals surface area contributed by atoms with E-state index in [0.29, 0.717) is 18.5 Å². The lowest BCUT2D eigenvalue weighted by Crippen LogP contribution is -2.41. The van der Waals surface area contributed by atoms with Gasteiger partial charge in [-0.25, -0.2) is 4.99 Å². The number of guanidine groups is 1. The number of carbonyl (C=O) groups excluding carboxylic acids is 1. The van der Waals surface area contributed by atoms with Crippen molar-refractivity contribution in [3.05, 3.63) is 35.4 Å². The molecule has 23 heavy (non-hydrogen) atoms. The van der Waals surface area contributed by atoms with Crippen molar-refractivity contribution in [2.45, 2.75) is 39.3 Å². The number of fused-ring (bicyclic) bond motifs is 1. The van der Waals surface area contributed by atoms with Crippen molar-refractivity contribution in [3.63, 3.8) is 0 Å². The van der Waals surface area contributed by atoms with Gasteiger partial charge in [-0.1, -0.05) is 31.2 Å². The first kappa shape index (κ1) is 15.8. The minimum Gasteiger partial charge on any atom is -0.357 e. The number of benzene rings is 1. The van der Waals surface area contributed by atoms with Crippen LogP contribution in [0.2, 0.25) is 0 Å². The van der Waals surface area contributed by atoms with Gasteiger partial charge in [0.1, 0.15) is 6.54 Å². The van der Waals surface area contributed by atoms with E-state index in [9.17, 15) is 4.79 Å². The van der Waals surface area contributed by atoms with Crippen molar-refractivity contribution in [3.8, 4) is 0 Å². The van der Waals surface area contributed by atoms with Gasteiger partial charge in [-0.3, -0.25) is 4.79 Å². The van der Waals surface area contributed by atoms with Gasteiger partial charge in [-0.2, -0.15) is 0 Å². The number of rotatable bonds is 4. The molecule has 1 aliphatic heterocycles. The number of carbonyl (C=O) groups is 1. The molecular weight excluding hydrogens is 288 g/mol. The van der Waals surface area contributed by atoms with Gasteiger partial charge in [0.25, 0.3) is 0 Å². The van der Waals surface area contributed by atoms with Crippen molar-refractivity contribution in [1.82, 2.24) is 15.5 Å². The molecule has 0 aromatic heterocycles. The summed E-state index contributed by atoms with van der Waals surface area (Å²) in [6.45, 7) is 6.76. The Morgan fingerprint density at radius 2 is 2.09 bits per heavy atom. The molecule has 0 spiro atoms. The molecule has 1 heterocycles. The lowest BCUT2D eigenvalue weighted by Gasteiger charge is -2.28. The highest BCUT2D eigenvalue weighted by Crippen LogP contribution is 2.28. The van der Waals surface area contributed by atoms with Crippen molar-refractivity contribution < 1.29 is 4.79 Å². The van der Waals surface area contributed by atoms with Gasteiger partial charge in [0.05, 0.1) is 0 Å². The highest BCUT2D eigenvalue weighted by molar-refractivity contribution is 5.85. The summed E-state index contributed by atoms with van der Waals surface area (Å²) < 4.78 is 0. The Bertz CT molecular complexity index is 598. The van der Waals surface area contributed by atoms with E-state index in [-0.39, 0.29) is 12.5 Å². The van der Waals surface area contributed by atoms with Crippen molar-refractivity contribution in [2.75, 3.05) is 19.6 Å². The third-order valence-electron chi connectivity index (χ3n) is 4.63. The molecule has 1 aromatic carbocycles. The highest BCUT2D eigenvalue weighted by atomic mass is 16.2. The second kappa shape index (κ2) is 7.02. The van der Waals surface area contributed by atoms with Crippen molar-refractivity contribution in [1.29, 1.82) is 0 Å². The normalized spacial score (nSPS) is 23.2. The third-order valence-corrected chi connectivity index (χ3v) is 4.63. The van der Waals surface area contributed by atoms with Crippen LogP contribution in [0.1, 0.15) is 31.4 Å². The first-order valence-corrected chi connectivity index (χ1v) is 8.56. The maximum atomic E-state index is 12.4. The van der Waals surface area contributed by atoms with Gasteiger partial charge in [0.2, 0.25) is 5.91 Å². The molecule has 2 N–H and O–H groups in total. The zero-order valence-corrected chi connectivity index (χ0v) is 14.0. The van der Waals surface area contributed by atoms with E-state index in [1.807, 2.05) is 17.9 Å². The van der Waals surface area contributed by atoms with E-state index in [0.717, 1.165) is 25.5 Å². The van der Waals surface area contributed by atoms with Gasteiger partial charge < -0.3 is 15.5 Å². The van der Waals surface area contributed by atoms with Crippen LogP contribution in [-0.4, -0.2) is 42.4 Å². The molecule has 1 aliphatic carbocycles. The molecule has 0 bridgehead atoms. The highest BCUT2D eigenvalue weighted by Gasteiger charge is 2.33. The average molecular weight is 314 g/mol. The predicted molar refractivity (Wildman–Crippen MR) is 92.2 cm³/mol. The SMILES string of the molecule is CCNC(=NCC(=O)N1CCc2ccccc2C1)NC1CC1C. The fraction of sp³-hybridized carbons (Fsp3) is 0.556. The number of hydrogen-bond donors (Lipinski definition) is 2. The standard InChI is InChI=1S/C18H26N4O/c1-3-19-18(21-16-10-13(16)2)20-11-17(23)22-9-8-14-6-4-5-7-15(14)12-22/h4-7,13,16H,3,8-12H2,1-2H3,(H2,19,20,21). The minimum atomic E-state index is 0.0977. The van der Waals surface area contributed by atoms with E-state index in [1.165, 1.54) is 17.5 Å². The number of hydrogen-bond acceptors (Lipinski definition) is 2. The Balaban J connectivity index is 1.56. The average Bonchev–Trinajstić information content (AvgIpc) is 3.27. The van der Waals surface area contributed by atoms with E-state index in [1.54, 1.807) is 0 Å². The van der Waals surface area contributed by atoms with Crippen LogP contribution >= 0.6 is 0 Å². The molecule has 2 unspecified atom stereocenters. The number of nitrogens with zero attached hydrogens (tertiary/aromatic N) is 2. The predicted octanol–water partition coefficient (Wildman–Crippen LogP) is 1.53. The summed E-state index contributed by atoms with van der Waals surface area (Å²) in [7, 11) is 0. The molecule has 0 radical (unpaired) electrons. The topological polar surface area (TPSA) is 56.7 Å². The largest absolute Gasteiger partial charge is 0.357 e. The second-order valence-electron chi connectivity index (χ2n) is 6.49. The van der Waals surface area contributed by atoms with E-state index in [2.05, 4.69) is 40.7 Å². The number of nitrogens with one attached hydrogen (secondary N) is 2. The van der Waals surface area contributed by atoms with Crippen LogP contribution in [-0.2, 0) is 17.8 Å². The van der Waals surface area contributed by atoms with Gasteiger partial charge in [-0.05, 0) is 36.8 Å². The fourth-order valence-corrected chi connectivity index (χ4v) is 2.97. The van der Waals surface area contributed by atoms with Crippen LogP contribution in [0.15, 0.2) is 29.3 Å². The maximum absolute atomic E-state index is 12.4. The summed E-state index contributed by atoms with van der Waals surface area (Å²) in [5, 5.41) is 6.60. The van der Waals surface area contributed by atoms with Crippen LogP contribution in [0.4, 0.5) is 0 Å². The molecule has 5 nitrogen and oxygen atoms in total. The molecule has 2 aliphatic rings. The summed E-state index contributed by atoms with van der Waals surface area (Å²) in [5.41, 5.74) is 2.62. The second-order valence-corrected chi connectivity index (χ2v) is 6.49. The Morgan fingerprint density at radius 3 is 2.78 bits per heavy atom. The zero-order chi connectivity index (χ0) is 16.2. The van der Waals surface area contributed by atoms with E-state index < -0.39 is 0 Å².